The van der Waals surface area contributed by atoms with Gasteiger partial charge < -0.3 is 20.7 Å². The summed E-state index contributed by atoms with van der Waals surface area (Å²) in [6.07, 6.45) is 3.90. The normalized spacial score (nSPS) is 12.1. The second-order valence-corrected chi connectivity index (χ2v) is 7.70. The van der Waals surface area contributed by atoms with E-state index in [1.165, 1.54) is 12.3 Å². The molecule has 1 aromatic heterocycles. The smallest absolute Gasteiger partial charge is 0.245 e. The molecule has 31 heavy (non-hydrogen) atoms. The third-order valence-electron chi connectivity index (χ3n) is 4.86. The lowest BCUT2D eigenvalue weighted by atomic mass is 10.0. The summed E-state index contributed by atoms with van der Waals surface area (Å²) in [7, 11) is 3.96. The number of H-pyrrole nitrogens is 1. The van der Waals surface area contributed by atoms with Gasteiger partial charge in [0.05, 0.1) is 18.5 Å². The summed E-state index contributed by atoms with van der Waals surface area (Å²) in [5, 5.41) is 9.27. The molecule has 0 fully saturated rings. The molecule has 1 amide bonds. The average molecular weight is 426 g/mol. The van der Waals surface area contributed by atoms with E-state index in [9.17, 15) is 9.18 Å². The average Bonchev–Trinajstić information content (AvgIpc) is 3.27. The van der Waals surface area contributed by atoms with Gasteiger partial charge in [-0.1, -0.05) is 29.8 Å². The fraction of sp³-hybridized carbons (Fsp3) is 0.304. The monoisotopic (exact) mass is 425 g/mol. The van der Waals surface area contributed by atoms with Crippen molar-refractivity contribution in [1.82, 2.24) is 15.1 Å². The first-order valence-corrected chi connectivity index (χ1v) is 10.1. The van der Waals surface area contributed by atoms with Gasteiger partial charge in [-0.15, -0.1) is 0 Å². The number of amides is 1. The van der Waals surface area contributed by atoms with Crippen molar-refractivity contribution in [3.8, 4) is 16.9 Å². The molecule has 1 atom stereocenters. The molecule has 8 heteroatoms. The van der Waals surface area contributed by atoms with Gasteiger partial charge in [-0.05, 0) is 39.1 Å². The molecule has 0 spiro atoms. The van der Waals surface area contributed by atoms with E-state index in [1.807, 2.05) is 38.1 Å². The minimum absolute atomic E-state index is 0.238. The Hall–Kier alpha value is -3.23. The number of ether oxygens (including phenoxy) is 1. The molecule has 164 valence electrons. The first kappa shape index (κ1) is 22.5. The zero-order valence-electron chi connectivity index (χ0n) is 18.0. The molecule has 3 rings (SSSR count). The predicted octanol–water partition coefficient (Wildman–Crippen LogP) is 3.49. The van der Waals surface area contributed by atoms with Gasteiger partial charge in [0.25, 0.3) is 0 Å². The molecule has 0 saturated heterocycles. The van der Waals surface area contributed by atoms with Gasteiger partial charge in [-0.2, -0.15) is 5.10 Å². The van der Waals surface area contributed by atoms with E-state index in [4.69, 9.17) is 10.5 Å². The van der Waals surface area contributed by atoms with Crippen molar-refractivity contribution in [2.75, 3.05) is 32.6 Å². The highest BCUT2D eigenvalue weighted by atomic mass is 19.1. The van der Waals surface area contributed by atoms with E-state index in [0.29, 0.717) is 29.0 Å². The van der Waals surface area contributed by atoms with Gasteiger partial charge in [0.15, 0.2) is 0 Å². The molecular weight excluding hydrogens is 397 g/mol. The van der Waals surface area contributed by atoms with Crippen molar-refractivity contribution in [1.29, 1.82) is 0 Å². The Morgan fingerprint density at radius 1 is 1.29 bits per heavy atom. The number of aromatic amines is 1. The Morgan fingerprint density at radius 2 is 2.03 bits per heavy atom. The molecular formula is C23H28FN5O2. The lowest BCUT2D eigenvalue weighted by Gasteiger charge is -2.18. The molecule has 1 unspecified atom stereocenters. The van der Waals surface area contributed by atoms with Crippen LogP contribution in [0.4, 0.5) is 10.1 Å². The third-order valence-corrected chi connectivity index (χ3v) is 4.86. The zero-order chi connectivity index (χ0) is 22.4. The molecule has 0 radical (unpaired) electrons. The third kappa shape index (κ3) is 5.90. The second kappa shape index (κ2) is 10.2. The Labute approximate surface area is 181 Å². The van der Waals surface area contributed by atoms with Crippen molar-refractivity contribution >= 4 is 11.6 Å². The van der Waals surface area contributed by atoms with E-state index >= 15 is 0 Å². The number of aromatic nitrogens is 2. The number of aryl methyl sites for hydroxylation is 1. The molecule has 4 N–H and O–H groups in total. The highest BCUT2D eigenvalue weighted by molar-refractivity contribution is 5.97. The van der Waals surface area contributed by atoms with Crippen LogP contribution in [0.15, 0.2) is 48.8 Å². The predicted molar refractivity (Wildman–Crippen MR) is 119 cm³/mol. The second-order valence-electron chi connectivity index (χ2n) is 7.70. The van der Waals surface area contributed by atoms with Gasteiger partial charge in [0, 0.05) is 29.9 Å². The number of halogens is 1. The quantitative estimate of drug-likeness (QED) is 0.456. The SMILES string of the molecule is Cc1ccc(C(N)C(=O)Nc2cc(F)c(-c3cn[nH]c3)cc2OCCCN(C)C)cc1. The van der Waals surface area contributed by atoms with Crippen molar-refractivity contribution < 1.29 is 13.9 Å². The van der Waals surface area contributed by atoms with Crippen molar-refractivity contribution in [2.24, 2.45) is 5.73 Å². The van der Waals surface area contributed by atoms with Gasteiger partial charge >= 0.3 is 0 Å². The topological polar surface area (TPSA) is 96.3 Å². The van der Waals surface area contributed by atoms with Crippen LogP contribution in [0.3, 0.4) is 0 Å². The Kier molecular flexibility index (Phi) is 7.38. The molecule has 1 heterocycles. The number of carbonyl (C=O) groups is 1. The number of anilines is 1. The molecule has 0 aliphatic heterocycles. The van der Waals surface area contributed by atoms with Crippen LogP contribution < -0.4 is 15.8 Å². The Bertz CT molecular complexity index is 1000. The lowest BCUT2D eigenvalue weighted by Crippen LogP contribution is -2.28. The number of carbonyl (C=O) groups excluding carboxylic acids is 1. The van der Waals surface area contributed by atoms with Gasteiger partial charge in [-0.25, -0.2) is 4.39 Å². The van der Waals surface area contributed by atoms with Crippen LogP contribution in [0.5, 0.6) is 5.75 Å². The standard InChI is InChI=1S/C23H28FN5O2/c1-15-5-7-16(8-6-15)22(25)23(30)28-20-12-19(24)18(17-13-26-27-14-17)11-21(20)31-10-4-9-29(2)3/h5-8,11-14,22H,4,9-10,25H2,1-3H3,(H,26,27)(H,28,30). The molecule has 2 aromatic carbocycles. The molecule has 0 saturated carbocycles. The van der Waals surface area contributed by atoms with Gasteiger partial charge in [-0.3, -0.25) is 9.89 Å². The summed E-state index contributed by atoms with van der Waals surface area (Å²) >= 11 is 0. The van der Waals surface area contributed by atoms with Crippen molar-refractivity contribution in [3.63, 3.8) is 0 Å². The molecule has 0 aliphatic carbocycles. The van der Waals surface area contributed by atoms with Crippen LogP contribution in [0.2, 0.25) is 0 Å². The summed E-state index contributed by atoms with van der Waals surface area (Å²) in [6, 6.07) is 9.33. The number of rotatable bonds is 9. The number of nitrogens with two attached hydrogens (primary N) is 1. The largest absolute Gasteiger partial charge is 0.491 e. The maximum atomic E-state index is 14.8. The summed E-state index contributed by atoms with van der Waals surface area (Å²) in [6.45, 7) is 3.22. The number of nitrogens with one attached hydrogen (secondary N) is 2. The number of hydrogen-bond donors (Lipinski definition) is 3. The van der Waals surface area contributed by atoms with Crippen LogP contribution in [-0.4, -0.2) is 48.3 Å². The van der Waals surface area contributed by atoms with Crippen LogP contribution >= 0.6 is 0 Å². The highest BCUT2D eigenvalue weighted by Gasteiger charge is 2.20. The first-order chi connectivity index (χ1) is 14.8. The fourth-order valence-electron chi connectivity index (χ4n) is 3.09. The number of nitrogens with zero attached hydrogens (tertiary/aromatic N) is 2. The van der Waals surface area contributed by atoms with Gasteiger partial charge in [0.1, 0.15) is 17.6 Å². The number of hydrogen-bond acceptors (Lipinski definition) is 5. The fourth-order valence-corrected chi connectivity index (χ4v) is 3.09. The molecule has 0 aliphatic rings. The summed E-state index contributed by atoms with van der Waals surface area (Å²) in [4.78, 5) is 14.8. The minimum atomic E-state index is -0.890. The van der Waals surface area contributed by atoms with Crippen molar-refractivity contribution in [2.45, 2.75) is 19.4 Å². The van der Waals surface area contributed by atoms with E-state index in [-0.39, 0.29) is 5.69 Å². The molecule has 0 bridgehead atoms. The number of benzene rings is 2. The molecule has 3 aromatic rings. The van der Waals surface area contributed by atoms with E-state index < -0.39 is 17.8 Å². The maximum absolute atomic E-state index is 14.8. The molecule has 7 nitrogen and oxygen atoms in total. The Morgan fingerprint density at radius 3 is 2.68 bits per heavy atom. The maximum Gasteiger partial charge on any atom is 0.245 e. The van der Waals surface area contributed by atoms with Crippen molar-refractivity contribution in [3.05, 3.63) is 65.7 Å². The van der Waals surface area contributed by atoms with Crippen LogP contribution in [0, 0.1) is 12.7 Å². The highest BCUT2D eigenvalue weighted by Crippen LogP contribution is 2.34. The minimum Gasteiger partial charge on any atom is -0.491 e. The zero-order valence-corrected chi connectivity index (χ0v) is 18.0. The summed E-state index contributed by atoms with van der Waals surface area (Å²) in [5.41, 5.74) is 9.02. The van der Waals surface area contributed by atoms with E-state index in [0.717, 1.165) is 18.5 Å². The lowest BCUT2D eigenvalue weighted by molar-refractivity contribution is -0.117. The van der Waals surface area contributed by atoms with Crippen LogP contribution in [0.25, 0.3) is 11.1 Å². The van der Waals surface area contributed by atoms with E-state index in [1.54, 1.807) is 24.4 Å². The Balaban J connectivity index is 1.83. The summed E-state index contributed by atoms with van der Waals surface area (Å²) < 4.78 is 20.7. The van der Waals surface area contributed by atoms with E-state index in [2.05, 4.69) is 15.5 Å². The first-order valence-electron chi connectivity index (χ1n) is 10.1. The van der Waals surface area contributed by atoms with Crippen LogP contribution in [0.1, 0.15) is 23.6 Å². The van der Waals surface area contributed by atoms with Gasteiger partial charge in [0.2, 0.25) is 5.91 Å². The summed E-state index contributed by atoms with van der Waals surface area (Å²) in [5.74, 6) is -0.570. The van der Waals surface area contributed by atoms with Crippen LogP contribution in [-0.2, 0) is 4.79 Å².